The van der Waals surface area contributed by atoms with Crippen molar-refractivity contribution in [2.24, 2.45) is 11.8 Å². The largest absolute Gasteiger partial charge is 0.361 e. The van der Waals surface area contributed by atoms with Gasteiger partial charge in [-0.15, -0.1) is 0 Å². The predicted molar refractivity (Wildman–Crippen MR) is 138 cm³/mol. The molecule has 4 heterocycles. The van der Waals surface area contributed by atoms with Crippen LogP contribution in [0.2, 0.25) is 0 Å². The number of aromatic nitrogens is 4. The van der Waals surface area contributed by atoms with Crippen molar-refractivity contribution in [2.45, 2.75) is 25.8 Å². The highest BCUT2D eigenvalue weighted by Crippen LogP contribution is 2.34. The molecule has 2 aromatic carbocycles. The Balaban J connectivity index is 1.19. The van der Waals surface area contributed by atoms with Crippen LogP contribution in [0.4, 0.5) is 0 Å². The van der Waals surface area contributed by atoms with Gasteiger partial charge in [0.15, 0.2) is 0 Å². The number of carbonyl (C=O) groups excluding carboxylic acids is 1. The van der Waals surface area contributed by atoms with E-state index in [1.165, 1.54) is 16.5 Å². The van der Waals surface area contributed by atoms with Crippen LogP contribution in [0.5, 0.6) is 0 Å². The molecule has 1 saturated heterocycles. The van der Waals surface area contributed by atoms with Gasteiger partial charge in [0.05, 0.1) is 11.7 Å². The standard InChI is InChI=1S/C29H27N5O/c35-29(23-6-7-23)33-14-11-19(17-33)18-34-27-10-12-30-16-26(27)32-28(34)22-4-1-20(2-5-22)24-8-3-21-9-13-31-25(21)15-24/h1-5,8-10,12-13,15-16,19,23,31H,6-7,11,14,17-18H2. The Morgan fingerprint density at radius 1 is 0.971 bits per heavy atom. The van der Waals surface area contributed by atoms with Crippen molar-refractivity contribution in [1.82, 2.24) is 24.4 Å². The maximum absolute atomic E-state index is 12.6. The summed E-state index contributed by atoms with van der Waals surface area (Å²) in [4.78, 5) is 27.2. The second-order valence-electron chi connectivity index (χ2n) is 9.98. The first kappa shape index (κ1) is 20.4. The summed E-state index contributed by atoms with van der Waals surface area (Å²) in [5.41, 5.74) is 6.62. The first-order valence-corrected chi connectivity index (χ1v) is 12.5. The van der Waals surface area contributed by atoms with Crippen LogP contribution in [-0.4, -0.2) is 43.4 Å². The third-order valence-corrected chi connectivity index (χ3v) is 7.55. The molecule has 6 nitrogen and oxygen atoms in total. The molecule has 2 fully saturated rings. The van der Waals surface area contributed by atoms with Crippen LogP contribution >= 0.6 is 0 Å². The highest BCUT2D eigenvalue weighted by molar-refractivity contribution is 5.85. The van der Waals surface area contributed by atoms with E-state index in [0.29, 0.717) is 17.7 Å². The van der Waals surface area contributed by atoms with Gasteiger partial charge in [0.2, 0.25) is 5.91 Å². The van der Waals surface area contributed by atoms with Gasteiger partial charge in [-0.05, 0) is 59.9 Å². The van der Waals surface area contributed by atoms with Crippen molar-refractivity contribution in [3.05, 3.63) is 73.2 Å². The number of nitrogens with one attached hydrogen (secondary N) is 1. The molecule has 6 heteroatoms. The van der Waals surface area contributed by atoms with Crippen LogP contribution < -0.4 is 0 Å². The number of pyridine rings is 1. The third kappa shape index (κ3) is 3.70. The zero-order valence-electron chi connectivity index (χ0n) is 19.5. The van der Waals surface area contributed by atoms with E-state index in [1.54, 1.807) is 0 Å². The summed E-state index contributed by atoms with van der Waals surface area (Å²) in [5.74, 6) is 2.06. The summed E-state index contributed by atoms with van der Waals surface area (Å²) in [5, 5.41) is 1.22. The zero-order chi connectivity index (χ0) is 23.4. The van der Waals surface area contributed by atoms with Crippen LogP contribution in [0.1, 0.15) is 19.3 Å². The second-order valence-corrected chi connectivity index (χ2v) is 9.98. The highest BCUT2D eigenvalue weighted by atomic mass is 16.2. The molecule has 1 amide bonds. The highest BCUT2D eigenvalue weighted by Gasteiger charge is 2.36. The minimum atomic E-state index is 0.292. The van der Waals surface area contributed by atoms with Gasteiger partial charge in [0.25, 0.3) is 0 Å². The van der Waals surface area contributed by atoms with E-state index >= 15 is 0 Å². The summed E-state index contributed by atoms with van der Waals surface area (Å²) in [6, 6.07) is 19.3. The summed E-state index contributed by atoms with van der Waals surface area (Å²) in [6.07, 6.45) is 8.83. The van der Waals surface area contributed by atoms with Gasteiger partial charge in [-0.25, -0.2) is 4.98 Å². The van der Waals surface area contributed by atoms with E-state index in [4.69, 9.17) is 4.98 Å². The fraction of sp³-hybridized carbons (Fsp3) is 0.276. The van der Waals surface area contributed by atoms with Gasteiger partial charge in [0, 0.05) is 49.0 Å². The number of imidazole rings is 1. The number of H-pyrrole nitrogens is 1. The summed E-state index contributed by atoms with van der Waals surface area (Å²) >= 11 is 0. The number of hydrogen-bond donors (Lipinski definition) is 1. The Hall–Kier alpha value is -3.93. The lowest BCUT2D eigenvalue weighted by atomic mass is 10.0. The number of hydrogen-bond acceptors (Lipinski definition) is 3. The number of amides is 1. The van der Waals surface area contributed by atoms with Gasteiger partial charge >= 0.3 is 0 Å². The number of fused-ring (bicyclic) bond motifs is 2. The van der Waals surface area contributed by atoms with Crippen molar-refractivity contribution >= 4 is 27.8 Å². The zero-order valence-corrected chi connectivity index (χ0v) is 19.5. The number of likely N-dealkylation sites (tertiary alicyclic amines) is 1. The Kier molecular flexibility index (Phi) is 4.72. The van der Waals surface area contributed by atoms with Crippen molar-refractivity contribution < 1.29 is 4.79 Å². The normalized spacial score (nSPS) is 18.1. The molecule has 5 aromatic rings. The van der Waals surface area contributed by atoms with Crippen LogP contribution in [0.15, 0.2) is 73.2 Å². The molecule has 0 bridgehead atoms. The lowest BCUT2D eigenvalue weighted by molar-refractivity contribution is -0.131. The van der Waals surface area contributed by atoms with Crippen LogP contribution in [0.25, 0.3) is 44.5 Å². The molecule has 1 aliphatic heterocycles. The van der Waals surface area contributed by atoms with E-state index in [0.717, 1.165) is 66.8 Å². The van der Waals surface area contributed by atoms with Gasteiger partial charge in [-0.3, -0.25) is 9.78 Å². The Morgan fingerprint density at radius 2 is 1.80 bits per heavy atom. The minimum absolute atomic E-state index is 0.292. The summed E-state index contributed by atoms with van der Waals surface area (Å²) in [6.45, 7) is 2.58. The lowest BCUT2D eigenvalue weighted by Gasteiger charge is -2.18. The first-order valence-electron chi connectivity index (χ1n) is 12.5. The molecule has 7 rings (SSSR count). The molecule has 2 aliphatic rings. The van der Waals surface area contributed by atoms with Gasteiger partial charge in [-0.1, -0.05) is 36.4 Å². The van der Waals surface area contributed by atoms with Gasteiger partial charge in [-0.2, -0.15) is 0 Å². The number of nitrogens with zero attached hydrogens (tertiary/aromatic N) is 4. The third-order valence-electron chi connectivity index (χ3n) is 7.55. The Labute approximate surface area is 203 Å². The van der Waals surface area contributed by atoms with Gasteiger partial charge < -0.3 is 14.5 Å². The molecule has 174 valence electrons. The molecule has 1 aliphatic carbocycles. The molecule has 0 spiro atoms. The van der Waals surface area contributed by atoms with Crippen LogP contribution in [-0.2, 0) is 11.3 Å². The van der Waals surface area contributed by atoms with Gasteiger partial charge in [0.1, 0.15) is 11.3 Å². The average molecular weight is 462 g/mol. The fourth-order valence-corrected chi connectivity index (χ4v) is 5.45. The fourth-order valence-electron chi connectivity index (χ4n) is 5.45. The minimum Gasteiger partial charge on any atom is -0.361 e. The van der Waals surface area contributed by atoms with E-state index < -0.39 is 0 Å². The number of benzene rings is 2. The number of carbonyl (C=O) groups is 1. The Morgan fingerprint density at radius 3 is 2.66 bits per heavy atom. The van der Waals surface area contributed by atoms with E-state index in [1.807, 2.05) is 24.7 Å². The van der Waals surface area contributed by atoms with Crippen molar-refractivity contribution in [2.75, 3.05) is 13.1 Å². The Bertz CT molecular complexity index is 1540. The molecule has 3 aromatic heterocycles. The molecule has 1 unspecified atom stereocenters. The quantitative estimate of drug-likeness (QED) is 0.376. The topological polar surface area (TPSA) is 66.8 Å². The smallest absolute Gasteiger partial charge is 0.225 e. The van der Waals surface area contributed by atoms with E-state index in [-0.39, 0.29) is 0 Å². The van der Waals surface area contributed by atoms with E-state index in [9.17, 15) is 4.79 Å². The maximum Gasteiger partial charge on any atom is 0.225 e. The molecule has 0 radical (unpaired) electrons. The monoisotopic (exact) mass is 461 g/mol. The molecule has 1 saturated carbocycles. The average Bonchev–Trinajstić information content (AvgIpc) is 3.30. The molecule has 1 N–H and O–H groups in total. The lowest BCUT2D eigenvalue weighted by Crippen LogP contribution is -2.30. The van der Waals surface area contributed by atoms with Crippen LogP contribution in [0, 0.1) is 11.8 Å². The number of rotatable bonds is 5. The predicted octanol–water partition coefficient (Wildman–Crippen LogP) is 5.51. The maximum atomic E-state index is 12.6. The molecular formula is C29H27N5O. The van der Waals surface area contributed by atoms with Crippen molar-refractivity contribution in [3.8, 4) is 22.5 Å². The molecule has 35 heavy (non-hydrogen) atoms. The molecular weight excluding hydrogens is 434 g/mol. The summed E-state index contributed by atoms with van der Waals surface area (Å²) in [7, 11) is 0. The number of aromatic amines is 1. The van der Waals surface area contributed by atoms with E-state index in [2.05, 4.69) is 68.0 Å². The first-order chi connectivity index (χ1) is 17.2. The SMILES string of the molecule is O=C(C1CC1)N1CCC(Cn2c(-c3ccc(-c4ccc5cc[nH]c5c4)cc3)nc3cnccc32)C1. The van der Waals surface area contributed by atoms with Crippen LogP contribution in [0.3, 0.4) is 0 Å². The van der Waals surface area contributed by atoms with Crippen molar-refractivity contribution in [3.63, 3.8) is 0 Å². The summed E-state index contributed by atoms with van der Waals surface area (Å²) < 4.78 is 2.33. The second kappa shape index (κ2) is 8.08. The molecule has 1 atom stereocenters. The van der Waals surface area contributed by atoms with Crippen molar-refractivity contribution in [1.29, 1.82) is 0 Å².